The highest BCUT2D eigenvalue weighted by molar-refractivity contribution is 5.84. The minimum Gasteiger partial charge on any atom is -0.318 e. The molecule has 0 aliphatic carbocycles. The van der Waals surface area contributed by atoms with Gasteiger partial charge in [-0.25, -0.2) is 4.39 Å². The Kier molecular flexibility index (Phi) is 4.38. The van der Waals surface area contributed by atoms with E-state index < -0.39 is 0 Å². The summed E-state index contributed by atoms with van der Waals surface area (Å²) in [7, 11) is 0. The van der Waals surface area contributed by atoms with Crippen LogP contribution < -0.4 is 5.32 Å². The van der Waals surface area contributed by atoms with Crippen LogP contribution >= 0.6 is 0 Å². The average Bonchev–Trinajstić information content (AvgIpc) is 2.73. The Morgan fingerprint density at radius 2 is 2.05 bits per heavy atom. The lowest BCUT2D eigenvalue weighted by molar-refractivity contribution is -0.134. The molecule has 1 aromatic carbocycles. The van der Waals surface area contributed by atoms with E-state index in [0.717, 1.165) is 12.0 Å². The number of hydrogen-bond acceptors (Lipinski definition) is 2. The highest BCUT2D eigenvalue weighted by Crippen LogP contribution is 2.35. The summed E-state index contributed by atoms with van der Waals surface area (Å²) < 4.78 is 13.5. The summed E-state index contributed by atoms with van der Waals surface area (Å²) in [6.45, 7) is 10.4. The van der Waals surface area contributed by atoms with Gasteiger partial charge in [0.15, 0.2) is 0 Å². The first-order valence-electron chi connectivity index (χ1n) is 7.59. The number of benzene rings is 1. The molecule has 1 amide bonds. The van der Waals surface area contributed by atoms with E-state index in [-0.39, 0.29) is 35.4 Å². The van der Waals surface area contributed by atoms with Gasteiger partial charge in [-0.3, -0.25) is 10.1 Å². The fourth-order valence-corrected chi connectivity index (χ4v) is 2.71. The molecule has 3 atom stereocenters. The topological polar surface area (TPSA) is 32.3 Å². The monoisotopic (exact) mass is 292 g/mol. The largest absolute Gasteiger partial charge is 0.318 e. The van der Waals surface area contributed by atoms with Crippen molar-refractivity contribution in [1.82, 2.24) is 10.2 Å². The number of carbonyl (C=O) groups excluding carboxylic acids is 1. The summed E-state index contributed by atoms with van der Waals surface area (Å²) in [6, 6.07) is 6.36. The highest BCUT2D eigenvalue weighted by atomic mass is 19.1. The molecule has 3 nitrogen and oxygen atoms in total. The molecule has 1 aromatic rings. The van der Waals surface area contributed by atoms with E-state index >= 15 is 0 Å². The summed E-state index contributed by atoms with van der Waals surface area (Å²) in [4.78, 5) is 14.5. The molecule has 1 aliphatic rings. The van der Waals surface area contributed by atoms with Crippen LogP contribution in [0.25, 0.3) is 0 Å². The van der Waals surface area contributed by atoms with E-state index in [9.17, 15) is 9.18 Å². The van der Waals surface area contributed by atoms with Gasteiger partial charge in [-0.1, -0.05) is 39.8 Å². The van der Waals surface area contributed by atoms with Crippen molar-refractivity contribution in [2.75, 3.05) is 0 Å². The SMILES string of the molecule is CCC1NC(c2cccc(F)c2)N(C(C)C(C)(C)C)C1=O. The van der Waals surface area contributed by atoms with Crippen LogP contribution in [0.1, 0.15) is 52.8 Å². The lowest BCUT2D eigenvalue weighted by Gasteiger charge is -2.38. The molecule has 4 heteroatoms. The number of nitrogens with one attached hydrogen (secondary N) is 1. The second kappa shape index (κ2) is 5.76. The fourth-order valence-electron chi connectivity index (χ4n) is 2.71. The Morgan fingerprint density at radius 3 is 2.57 bits per heavy atom. The third-order valence-electron chi connectivity index (χ3n) is 4.43. The third-order valence-corrected chi connectivity index (χ3v) is 4.43. The van der Waals surface area contributed by atoms with E-state index in [4.69, 9.17) is 0 Å². The molecule has 1 heterocycles. The van der Waals surface area contributed by atoms with Crippen molar-refractivity contribution in [1.29, 1.82) is 0 Å². The predicted molar refractivity (Wildman–Crippen MR) is 82.1 cm³/mol. The van der Waals surface area contributed by atoms with E-state index in [1.807, 2.05) is 17.9 Å². The molecule has 116 valence electrons. The molecule has 21 heavy (non-hydrogen) atoms. The zero-order chi connectivity index (χ0) is 15.8. The molecule has 1 N–H and O–H groups in total. The number of nitrogens with zero attached hydrogens (tertiary/aromatic N) is 1. The van der Waals surface area contributed by atoms with E-state index in [1.54, 1.807) is 6.07 Å². The average molecular weight is 292 g/mol. The molecule has 0 bridgehead atoms. The van der Waals surface area contributed by atoms with Gasteiger partial charge in [0.2, 0.25) is 5.91 Å². The maximum absolute atomic E-state index is 13.5. The van der Waals surface area contributed by atoms with Gasteiger partial charge in [0, 0.05) is 6.04 Å². The van der Waals surface area contributed by atoms with Gasteiger partial charge in [0.1, 0.15) is 12.0 Å². The molecule has 2 rings (SSSR count). The van der Waals surface area contributed by atoms with Crippen molar-refractivity contribution >= 4 is 5.91 Å². The molecular formula is C17H25FN2O. The van der Waals surface area contributed by atoms with Crippen LogP contribution in [-0.2, 0) is 4.79 Å². The quantitative estimate of drug-likeness (QED) is 0.925. The first-order valence-corrected chi connectivity index (χ1v) is 7.59. The van der Waals surface area contributed by atoms with Crippen molar-refractivity contribution in [3.63, 3.8) is 0 Å². The predicted octanol–water partition coefficient (Wildman–Crippen LogP) is 3.47. The number of amides is 1. The van der Waals surface area contributed by atoms with Crippen LogP contribution in [0.3, 0.4) is 0 Å². The molecule has 1 fully saturated rings. The number of carbonyl (C=O) groups is 1. The van der Waals surface area contributed by atoms with Crippen LogP contribution in [0.2, 0.25) is 0 Å². The molecule has 1 saturated heterocycles. The summed E-state index contributed by atoms with van der Waals surface area (Å²) in [5, 5.41) is 3.35. The minimum absolute atomic E-state index is 0.0362. The van der Waals surface area contributed by atoms with Gasteiger partial charge in [-0.05, 0) is 36.5 Å². The highest BCUT2D eigenvalue weighted by Gasteiger charge is 2.44. The van der Waals surface area contributed by atoms with Crippen LogP contribution in [0.15, 0.2) is 24.3 Å². The van der Waals surface area contributed by atoms with E-state index in [1.165, 1.54) is 12.1 Å². The van der Waals surface area contributed by atoms with Crippen molar-refractivity contribution in [3.8, 4) is 0 Å². The standard InChI is InChI=1S/C17H25FN2O/c1-6-14-16(21)20(11(2)17(3,4)5)15(19-14)12-8-7-9-13(18)10-12/h7-11,14-15,19H,6H2,1-5H3. The Hall–Kier alpha value is -1.42. The molecule has 3 unspecified atom stereocenters. The van der Waals surface area contributed by atoms with Crippen molar-refractivity contribution in [2.24, 2.45) is 5.41 Å². The van der Waals surface area contributed by atoms with E-state index in [0.29, 0.717) is 0 Å². The summed E-state index contributed by atoms with van der Waals surface area (Å²) in [5.41, 5.74) is 0.765. The first-order chi connectivity index (χ1) is 9.75. The second-order valence-electron chi connectivity index (χ2n) is 6.87. The van der Waals surface area contributed by atoms with Gasteiger partial charge >= 0.3 is 0 Å². The molecule has 1 aliphatic heterocycles. The molecule has 0 aromatic heterocycles. The van der Waals surface area contributed by atoms with Crippen LogP contribution in [-0.4, -0.2) is 22.9 Å². The van der Waals surface area contributed by atoms with Gasteiger partial charge in [0.05, 0.1) is 6.04 Å². The Labute approximate surface area is 126 Å². The van der Waals surface area contributed by atoms with Gasteiger partial charge in [-0.2, -0.15) is 0 Å². The van der Waals surface area contributed by atoms with Crippen LogP contribution in [0.4, 0.5) is 4.39 Å². The van der Waals surface area contributed by atoms with Crippen LogP contribution in [0.5, 0.6) is 0 Å². The summed E-state index contributed by atoms with van der Waals surface area (Å²) >= 11 is 0. The molecular weight excluding hydrogens is 267 g/mol. The Bertz CT molecular complexity index is 524. The summed E-state index contributed by atoms with van der Waals surface area (Å²) in [6.07, 6.45) is 0.477. The third kappa shape index (κ3) is 3.10. The Morgan fingerprint density at radius 1 is 1.38 bits per heavy atom. The first kappa shape index (κ1) is 16.0. The minimum atomic E-state index is -0.273. The maximum Gasteiger partial charge on any atom is 0.241 e. The summed E-state index contributed by atoms with van der Waals surface area (Å²) in [5.74, 6) is -0.167. The Balaban J connectivity index is 2.39. The zero-order valence-electron chi connectivity index (χ0n) is 13.5. The smallest absolute Gasteiger partial charge is 0.241 e. The lowest BCUT2D eigenvalue weighted by atomic mass is 9.86. The van der Waals surface area contributed by atoms with Gasteiger partial charge in [0.25, 0.3) is 0 Å². The molecule has 0 radical (unpaired) electrons. The van der Waals surface area contributed by atoms with Crippen molar-refractivity contribution < 1.29 is 9.18 Å². The number of hydrogen-bond donors (Lipinski definition) is 1. The number of halogens is 1. The van der Waals surface area contributed by atoms with Gasteiger partial charge in [-0.15, -0.1) is 0 Å². The van der Waals surface area contributed by atoms with Gasteiger partial charge < -0.3 is 4.90 Å². The maximum atomic E-state index is 13.5. The second-order valence-corrected chi connectivity index (χ2v) is 6.87. The van der Waals surface area contributed by atoms with Crippen molar-refractivity contribution in [2.45, 2.75) is 59.3 Å². The molecule has 0 spiro atoms. The number of rotatable bonds is 3. The lowest BCUT2D eigenvalue weighted by Crippen LogP contribution is -2.45. The fraction of sp³-hybridized carbons (Fsp3) is 0.588. The van der Waals surface area contributed by atoms with E-state index in [2.05, 4.69) is 33.0 Å². The normalized spacial score (nSPS) is 24.5. The van der Waals surface area contributed by atoms with Crippen LogP contribution in [0, 0.1) is 11.2 Å². The zero-order valence-corrected chi connectivity index (χ0v) is 13.5. The molecule has 0 saturated carbocycles. The van der Waals surface area contributed by atoms with Crippen molar-refractivity contribution in [3.05, 3.63) is 35.6 Å².